The predicted molar refractivity (Wildman–Crippen MR) is 407 cm³/mol. The highest BCUT2D eigenvalue weighted by atomic mass is 19.4. The molecule has 9 atom stereocenters. The van der Waals surface area contributed by atoms with E-state index < -0.39 is 60.7 Å². The molecule has 0 radical (unpaired) electrons. The van der Waals surface area contributed by atoms with Crippen molar-refractivity contribution in [3.05, 3.63) is 91.4 Å². The molecule has 30 nitrogen and oxygen atoms in total. The Labute approximate surface area is 612 Å². The van der Waals surface area contributed by atoms with Gasteiger partial charge in [0.1, 0.15) is 46.2 Å². The number of nitrogens with two attached hydrogens (primary N) is 5. The van der Waals surface area contributed by atoms with Crippen LogP contribution in [0.2, 0.25) is 0 Å². The highest BCUT2D eigenvalue weighted by molar-refractivity contribution is 5.89. The number of pyridine rings is 5. The lowest BCUT2D eigenvalue weighted by Crippen LogP contribution is -2.44. The number of unbranched alkanes of at least 4 members (excludes halogenated alkanes) is 5. The van der Waals surface area contributed by atoms with Gasteiger partial charge in [-0.1, -0.05) is 106 Å². The van der Waals surface area contributed by atoms with Crippen molar-refractivity contribution in [1.82, 2.24) is 74.8 Å². The van der Waals surface area contributed by atoms with Crippen molar-refractivity contribution >= 4 is 114 Å². The standard InChI is InChI=1S/C15H23N5O.C14H18F3N5O.2C14H20FN5O.C14H21N5O/c1-3-5-8-15(4-2,10-21)20-13-12-11(7-6-9-17-12)18-14(16)19-13;1-2-3-5-9(11(23)14(15,16)17)20-12-10-8(6-4-7-19-10)21-13(18)22-12;1-3-4-5-10(8(2)21)18-13-12-11(19-14(16)20-13)6-9(15)7-17-12;1-2-3-5-9(11(21)8-15)18-13-12-10(6-4-7-17-12)19-14(16)20-13;1-3-4-6-10(9(2)20)17-13-12-11(7-5-8-16-12)18-14(15)19-13/h6-7,9,21H,3-5,8,10H2,1-2H3,(H3,16,18,19,20);4,6-7,9,11,23H,2-3,5H2,1H3,(H3,18,20,21,22);6-8,10,21H,3-5H2,1-2H3,(H3,16,18,19,20);4,6-7,9,11,21H,2-3,5,8H2,1H3,(H3,16,18,19,20);5,7-10,20H,3-4,6H2,1-2H3,(H3,15,17,18,19)/t;9-,11-;8-,10+;9-,11?;9-,10+/m.1010/s1. The van der Waals surface area contributed by atoms with Gasteiger partial charge in [-0.3, -0.25) is 19.9 Å². The molecule has 35 heteroatoms. The van der Waals surface area contributed by atoms with Crippen molar-refractivity contribution in [3.8, 4) is 0 Å². The van der Waals surface area contributed by atoms with E-state index in [9.17, 15) is 47.5 Å². The topological polar surface area (TPSA) is 485 Å². The number of nitrogens with zero attached hydrogens (tertiary/aromatic N) is 15. The van der Waals surface area contributed by atoms with Crippen molar-refractivity contribution in [3.63, 3.8) is 0 Å². The summed E-state index contributed by atoms with van der Waals surface area (Å²) in [7, 11) is 0. The van der Waals surface area contributed by atoms with Gasteiger partial charge in [0.25, 0.3) is 0 Å². The summed E-state index contributed by atoms with van der Waals surface area (Å²) in [5, 5.41) is 64.5. The SMILES string of the molecule is CCCCC(CC)(CO)Nc1nc(N)nc2cccnc12.CCCC[C@@H](Nc1nc(N)nc2cc(F)cnc12)[C@H](C)O.CCCC[C@@H](Nc1nc(N)nc2cccnc12)C(O)CF.CCCC[C@@H](Nc1nc(N)nc2cccnc12)[C@@H](O)C(F)(F)F.CCCC[C@@H](Nc1nc(N)nc2cccnc12)[C@H](C)O. The second-order valence-electron chi connectivity index (χ2n) is 25.4. The van der Waals surface area contributed by atoms with Crippen LogP contribution in [-0.4, -0.2) is 174 Å². The van der Waals surface area contributed by atoms with Crippen LogP contribution in [-0.2, 0) is 0 Å². The lowest BCUT2D eigenvalue weighted by molar-refractivity contribution is -0.208. The first-order valence-corrected chi connectivity index (χ1v) is 35.7. The largest absolute Gasteiger partial charge is 0.416 e. The molecule has 0 spiro atoms. The van der Waals surface area contributed by atoms with Crippen LogP contribution in [0.5, 0.6) is 0 Å². The number of anilines is 10. The summed E-state index contributed by atoms with van der Waals surface area (Å²) in [6.07, 6.45) is 11.6. The Balaban J connectivity index is 0.000000208. The van der Waals surface area contributed by atoms with E-state index in [0.29, 0.717) is 97.7 Å². The molecule has 0 fully saturated rings. The first kappa shape index (κ1) is 84.8. The zero-order valence-corrected chi connectivity index (χ0v) is 61.2. The number of halogens is 5. The third kappa shape index (κ3) is 25.3. The third-order valence-corrected chi connectivity index (χ3v) is 17.0. The molecule has 10 rings (SSSR count). The number of hydrogen-bond acceptors (Lipinski definition) is 30. The molecule has 10 heterocycles. The molecule has 0 aromatic carbocycles. The van der Waals surface area contributed by atoms with Gasteiger partial charge in [-0.05, 0) is 101 Å². The molecular formula is C71H102F5N25O5. The fraction of sp³-hybridized carbons (Fsp3) is 0.507. The number of nitrogen functional groups attached to an aromatic ring is 5. The first-order chi connectivity index (χ1) is 50.7. The molecule has 10 aromatic heterocycles. The highest BCUT2D eigenvalue weighted by Crippen LogP contribution is 2.31. The molecule has 0 aliphatic heterocycles. The molecule has 2 unspecified atom stereocenters. The molecule has 10 aromatic rings. The summed E-state index contributed by atoms with van der Waals surface area (Å²) in [4.78, 5) is 62.0. The maximum atomic E-state index is 13.2. The Morgan fingerprint density at radius 1 is 0.434 bits per heavy atom. The molecule has 0 aliphatic carbocycles. The minimum atomic E-state index is -4.73. The molecule has 20 N–H and O–H groups in total. The van der Waals surface area contributed by atoms with Crippen LogP contribution in [0.1, 0.15) is 158 Å². The Hall–Kier alpha value is -10.1. The van der Waals surface area contributed by atoms with Crippen LogP contribution >= 0.6 is 0 Å². The minimum Gasteiger partial charge on any atom is -0.394 e. The average Bonchev–Trinajstić information content (AvgIpc) is 0.824. The van der Waals surface area contributed by atoms with Gasteiger partial charge in [0.05, 0.1) is 82.3 Å². The fourth-order valence-electron chi connectivity index (χ4n) is 11.0. The Bertz CT molecular complexity index is 4300. The van der Waals surface area contributed by atoms with Crippen LogP contribution in [0.15, 0.2) is 85.6 Å². The number of aliphatic hydroxyl groups is 5. The quantitative estimate of drug-likeness (QED) is 0.0174. The summed E-state index contributed by atoms with van der Waals surface area (Å²) in [5.74, 6) is 2.08. The molecule has 0 saturated carbocycles. The number of rotatable bonds is 32. The normalized spacial score (nSPS) is 14.2. The number of aromatic nitrogens is 15. The maximum absolute atomic E-state index is 13.2. The molecule has 0 amide bonds. The number of hydrogen-bond donors (Lipinski definition) is 15. The summed E-state index contributed by atoms with van der Waals surface area (Å²) >= 11 is 0. The predicted octanol–water partition coefficient (Wildman–Crippen LogP) is 10.8. The van der Waals surface area contributed by atoms with Gasteiger partial charge < -0.3 is 80.8 Å². The van der Waals surface area contributed by atoms with Crippen molar-refractivity contribution < 1.29 is 47.5 Å². The van der Waals surface area contributed by atoms with Gasteiger partial charge >= 0.3 is 6.18 Å². The number of fused-ring (bicyclic) bond motifs is 5. The van der Waals surface area contributed by atoms with E-state index in [4.69, 9.17) is 28.7 Å². The molecular weight excluding hydrogens is 1380 g/mol. The number of nitrogens with one attached hydrogen (secondary N) is 5. The van der Waals surface area contributed by atoms with E-state index in [1.165, 1.54) is 12.3 Å². The third-order valence-electron chi connectivity index (χ3n) is 17.0. The van der Waals surface area contributed by atoms with E-state index in [1.807, 2.05) is 38.1 Å². The smallest absolute Gasteiger partial charge is 0.394 e. The Morgan fingerprint density at radius 3 is 1.09 bits per heavy atom. The summed E-state index contributed by atoms with van der Waals surface area (Å²) in [5.41, 5.74) is 33.4. The van der Waals surface area contributed by atoms with Crippen molar-refractivity contribution in [2.45, 2.75) is 218 Å². The van der Waals surface area contributed by atoms with Gasteiger partial charge in [0, 0.05) is 30.9 Å². The lowest BCUT2D eigenvalue weighted by Gasteiger charge is -2.32. The van der Waals surface area contributed by atoms with E-state index in [1.54, 1.807) is 56.7 Å². The number of alkyl halides is 4. The summed E-state index contributed by atoms with van der Waals surface area (Å²) in [6, 6.07) is 13.4. The zero-order valence-electron chi connectivity index (χ0n) is 61.2. The van der Waals surface area contributed by atoms with E-state index in [0.717, 1.165) is 83.2 Å². The van der Waals surface area contributed by atoms with E-state index in [2.05, 4.69) is 129 Å². The van der Waals surface area contributed by atoms with Crippen molar-refractivity contribution in [1.29, 1.82) is 0 Å². The molecule has 576 valence electrons. The lowest BCUT2D eigenvalue weighted by atomic mass is 9.90. The molecule has 0 saturated heterocycles. The highest BCUT2D eigenvalue weighted by Gasteiger charge is 2.44. The van der Waals surface area contributed by atoms with Gasteiger partial charge in [0.2, 0.25) is 29.7 Å². The second kappa shape index (κ2) is 42.1. The van der Waals surface area contributed by atoms with Crippen LogP contribution in [0, 0.1) is 5.82 Å². The van der Waals surface area contributed by atoms with Crippen LogP contribution < -0.4 is 55.3 Å². The van der Waals surface area contributed by atoms with Crippen molar-refractivity contribution in [2.24, 2.45) is 0 Å². The van der Waals surface area contributed by atoms with Gasteiger partial charge in [-0.25, -0.2) is 38.7 Å². The van der Waals surface area contributed by atoms with E-state index >= 15 is 0 Å². The van der Waals surface area contributed by atoms with Gasteiger partial charge in [0.15, 0.2) is 35.2 Å². The second-order valence-corrected chi connectivity index (χ2v) is 25.4. The monoisotopic (exact) mass is 1480 g/mol. The summed E-state index contributed by atoms with van der Waals surface area (Å²) < 4.78 is 64.6. The Kier molecular flexibility index (Phi) is 33.7. The number of aliphatic hydroxyl groups excluding tert-OH is 5. The van der Waals surface area contributed by atoms with Gasteiger partial charge in [-0.2, -0.15) is 38.1 Å². The molecule has 106 heavy (non-hydrogen) atoms. The maximum Gasteiger partial charge on any atom is 0.416 e. The van der Waals surface area contributed by atoms with Crippen LogP contribution in [0.25, 0.3) is 55.2 Å². The Morgan fingerprint density at radius 2 is 0.755 bits per heavy atom. The van der Waals surface area contributed by atoms with Crippen LogP contribution in [0.4, 0.5) is 80.8 Å². The first-order valence-electron chi connectivity index (χ1n) is 35.7. The minimum absolute atomic E-state index is 0.0391. The average molecular weight is 1480 g/mol. The van der Waals surface area contributed by atoms with Gasteiger partial charge in [-0.15, -0.1) is 0 Å². The van der Waals surface area contributed by atoms with E-state index in [-0.39, 0.29) is 60.7 Å². The van der Waals surface area contributed by atoms with Crippen molar-refractivity contribution in [2.75, 3.05) is 68.5 Å². The molecule has 0 bridgehead atoms. The fourth-order valence-corrected chi connectivity index (χ4v) is 11.0. The molecule has 0 aliphatic rings. The van der Waals surface area contributed by atoms with Crippen LogP contribution in [0.3, 0.4) is 0 Å². The summed E-state index contributed by atoms with van der Waals surface area (Å²) in [6.45, 7) is 15.0. The zero-order chi connectivity index (χ0) is 77.5.